The molecule has 0 N–H and O–H groups in total. The maximum absolute atomic E-state index is 13.0. The van der Waals surface area contributed by atoms with Gasteiger partial charge in [-0.05, 0) is 25.8 Å². The Morgan fingerprint density at radius 3 is 1.53 bits per heavy atom. The van der Waals surface area contributed by atoms with Crippen molar-refractivity contribution in [3.05, 3.63) is 179 Å². The van der Waals surface area contributed by atoms with Crippen LogP contribution in [0.25, 0.3) is 0 Å². The number of carbonyl (C=O) groups excluding carboxylic acids is 2. The summed E-state index contributed by atoms with van der Waals surface area (Å²) in [6, 6.07) is 49.2. The predicted octanol–water partition coefficient (Wildman–Crippen LogP) is 12.7. The van der Waals surface area contributed by atoms with Gasteiger partial charge in [0.05, 0.1) is 19.3 Å². The van der Waals surface area contributed by atoms with Gasteiger partial charge in [-0.3, -0.25) is 0 Å². The maximum atomic E-state index is 13.0. The van der Waals surface area contributed by atoms with Gasteiger partial charge in [0.15, 0.2) is 5.79 Å². The molecule has 0 radical (unpaired) electrons. The summed E-state index contributed by atoms with van der Waals surface area (Å²) < 4.78 is 78.3. The van der Waals surface area contributed by atoms with Crippen LogP contribution in [0.4, 0.5) is 0 Å². The summed E-state index contributed by atoms with van der Waals surface area (Å²) in [7, 11) is 5.04. The van der Waals surface area contributed by atoms with Crippen LogP contribution in [0.15, 0.2) is 146 Å². The first kappa shape index (κ1) is 73.4. The molecule has 2 saturated heterocycles. The van der Waals surface area contributed by atoms with Gasteiger partial charge in [-0.2, -0.15) is 0 Å². The van der Waals surface area contributed by atoms with Gasteiger partial charge >= 0.3 is 431 Å². The van der Waals surface area contributed by atoms with E-state index in [9.17, 15) is 9.59 Å². The van der Waals surface area contributed by atoms with Crippen molar-refractivity contribution >= 4 is 81.3 Å². The van der Waals surface area contributed by atoms with Crippen LogP contribution in [0.2, 0.25) is 25.7 Å². The summed E-state index contributed by atoms with van der Waals surface area (Å²) >= 11 is 2.55. The molecule has 0 aliphatic carbocycles. The molecule has 484 valence electrons. The Hall–Kier alpha value is -4.67. The molecule has 2 aliphatic rings. The van der Waals surface area contributed by atoms with Gasteiger partial charge in [0, 0.05) is 4.43 Å². The van der Waals surface area contributed by atoms with Gasteiger partial charge in [0.1, 0.15) is 6.10 Å². The van der Waals surface area contributed by atoms with Crippen molar-refractivity contribution in [1.82, 2.24) is 0 Å². The molecule has 89 heavy (non-hydrogen) atoms. The van der Waals surface area contributed by atoms with Crippen LogP contribution in [0.5, 0.6) is 23.0 Å². The number of rotatable bonds is 32. The Morgan fingerprint density at radius 1 is 0.596 bits per heavy atom. The molecule has 6 aromatic carbocycles. The molecule has 2 fully saturated rings. The summed E-state index contributed by atoms with van der Waals surface area (Å²) in [4.78, 5) is 26.1. The molecule has 2 heterocycles. The normalized spacial score (nSPS) is 17.7. The minimum atomic E-state index is -1.29. The fourth-order valence-electron chi connectivity index (χ4n) is 9.83. The third kappa shape index (κ3) is 25.4. The summed E-state index contributed by atoms with van der Waals surface area (Å²) in [5.74, 6) is 0.587. The zero-order chi connectivity index (χ0) is 64.2. The predicted molar refractivity (Wildman–Crippen MR) is 362 cm³/mol. The zero-order valence-corrected chi connectivity index (χ0v) is 60.3. The van der Waals surface area contributed by atoms with Crippen LogP contribution >= 0.6 is 22.6 Å². The van der Waals surface area contributed by atoms with E-state index in [0.29, 0.717) is 67.2 Å². The number of hydrogen-bond acceptors (Lipinski definition) is 15. The average molecular weight is 1490 g/mol. The van der Waals surface area contributed by atoms with Crippen molar-refractivity contribution in [2.75, 3.05) is 66.3 Å². The molecule has 15 nitrogen and oxygen atoms in total. The first-order chi connectivity index (χ1) is 42.7. The van der Waals surface area contributed by atoms with E-state index in [1.165, 1.54) is 14.5 Å². The number of benzene rings is 6. The van der Waals surface area contributed by atoms with E-state index in [-0.39, 0.29) is 84.5 Å². The number of ether oxygens (including phenoxy) is 13. The third-order valence-electron chi connectivity index (χ3n) is 14.0. The minimum absolute atomic E-state index is 0.0185. The Kier molecular flexibility index (Phi) is 31.1. The molecule has 1 unspecified atom stereocenters. The van der Waals surface area contributed by atoms with Gasteiger partial charge in [0.25, 0.3) is 0 Å². The van der Waals surface area contributed by atoms with E-state index in [0.717, 1.165) is 51.7 Å². The molecule has 0 bridgehead atoms. The molecule has 0 amide bonds. The topological polar surface area (TPSA) is 154 Å². The second-order valence-corrected chi connectivity index (χ2v) is 34.9. The first-order valence-electron chi connectivity index (χ1n) is 30.0. The molecular weight excluding hydrogens is 1390 g/mol. The van der Waals surface area contributed by atoms with Crippen LogP contribution in [0.1, 0.15) is 102 Å². The van der Waals surface area contributed by atoms with Crippen molar-refractivity contribution in [3.8, 4) is 23.0 Å². The average Bonchev–Trinajstić information content (AvgIpc) is 2.72. The summed E-state index contributed by atoms with van der Waals surface area (Å²) in [5.41, 5.74) is 5.13. The van der Waals surface area contributed by atoms with E-state index in [2.05, 4.69) is 103 Å². The van der Waals surface area contributed by atoms with Gasteiger partial charge in [-0.15, -0.1) is 0 Å². The van der Waals surface area contributed by atoms with Crippen molar-refractivity contribution in [2.24, 2.45) is 0 Å². The number of hydrogen-bond donors (Lipinski definition) is 0. The monoisotopic (exact) mass is 1490 g/mol. The van der Waals surface area contributed by atoms with E-state index >= 15 is 0 Å². The third-order valence-corrected chi connectivity index (χ3v) is 21.3. The second-order valence-electron chi connectivity index (χ2n) is 23.4. The Morgan fingerprint density at radius 2 is 1.06 bits per heavy atom. The Balaban J connectivity index is 0.000000229. The van der Waals surface area contributed by atoms with Crippen molar-refractivity contribution in [1.29, 1.82) is 0 Å². The number of alkyl halides is 1. The SMILES string of the molecule is CC1(C)O[C@@H](CCI)[C@@H](COCc2ccccc2)O1.COCOc1cc(OC)cc(C(CC[C@@H]2OC(C)(C)O[C@@H]2COCc2ccccc2)[Se]c2ccccc2)c1C(C)=O.COCOc1cc(OC)cc(C[Se]c2ccccc2)c1C(=O)OCC[Si](C)(C)C. The summed E-state index contributed by atoms with van der Waals surface area (Å²) in [5, 5.41) is 0.732. The Labute approximate surface area is 555 Å². The number of halogens is 1. The van der Waals surface area contributed by atoms with E-state index < -0.39 is 19.6 Å². The molecule has 8 rings (SSSR count). The molecule has 6 aromatic rings. The van der Waals surface area contributed by atoms with Crippen molar-refractivity contribution in [2.45, 2.75) is 139 Å². The van der Waals surface area contributed by atoms with Crippen LogP contribution in [0, 0.1) is 0 Å². The van der Waals surface area contributed by atoms with Gasteiger partial charge in [-0.1, -0.05) is 52.9 Å². The fourth-order valence-corrected chi connectivity index (χ4v) is 15.6. The van der Waals surface area contributed by atoms with E-state index in [4.69, 9.17) is 61.6 Å². The van der Waals surface area contributed by atoms with Crippen LogP contribution in [0.3, 0.4) is 0 Å². The van der Waals surface area contributed by atoms with Gasteiger partial charge in [-0.25, -0.2) is 0 Å². The second kappa shape index (κ2) is 37.7. The van der Waals surface area contributed by atoms with Crippen molar-refractivity contribution < 1.29 is 71.2 Å². The standard InChI is InChI=1S/C33H40O7Se.C22H30O5SeSi.C15H21IO3/c1-23(34)32-27(18-25(36-5)19-29(32)38-22-35-4)31(41-26-14-10-7-11-15-26)17-16-28-30(40-33(2,3)39-28)21-37-20-24-12-8-6-9-13-24;1-24-16-27-20-14-18(25-2)13-17(15-28-19-9-7-6-8-10-19)21(20)22(23)26-11-12-29(3,4)5;1-15(2)18-13(8-9-16)14(19-15)11-17-10-12-6-4-3-5-7-12/h6-15,18-19,28,30-31H,16-17,20-22H2,1-5H3;6-10,13-14H,11-12,15-16H2,1-5H3;3-7,13-14H,8-11H2,1-2H3/t28-,30+,31?;;13-,14+/m0.0/s1. The van der Waals surface area contributed by atoms with Crippen LogP contribution < -0.4 is 27.9 Å². The number of esters is 1. The molecule has 2 aliphatic heterocycles. The number of carbonyl (C=O) groups is 2. The van der Waals surface area contributed by atoms with Crippen LogP contribution in [-0.4, -0.2) is 152 Å². The van der Waals surface area contributed by atoms with E-state index in [1.807, 2.05) is 100 Å². The van der Waals surface area contributed by atoms with E-state index in [1.54, 1.807) is 47.5 Å². The molecule has 0 aromatic heterocycles. The summed E-state index contributed by atoms with van der Waals surface area (Å²) in [6.45, 7) is 18.8. The Bertz CT molecular complexity index is 3030. The van der Waals surface area contributed by atoms with Gasteiger partial charge in [0.2, 0.25) is 0 Å². The van der Waals surface area contributed by atoms with Gasteiger partial charge < -0.3 is 14.2 Å². The van der Waals surface area contributed by atoms with Crippen LogP contribution in [-0.2, 0) is 61.2 Å². The molecule has 5 atom stereocenters. The number of Topliss-reactive ketones (excluding diaryl/α,β-unsaturated/α-hetero) is 1. The molecular formula is C70H91IO15Se2Si. The van der Waals surface area contributed by atoms with Crippen molar-refractivity contribution in [3.63, 3.8) is 0 Å². The first-order valence-corrected chi connectivity index (χ1v) is 39.1. The number of methoxy groups -OCH3 is 4. The molecule has 0 saturated carbocycles. The molecule has 19 heteroatoms. The zero-order valence-electron chi connectivity index (χ0n) is 53.8. The molecule has 0 spiro atoms. The summed E-state index contributed by atoms with van der Waals surface area (Å²) in [6.07, 6.45) is 2.36. The number of ketones is 1. The fraction of sp³-hybridized carbons (Fsp3) is 0.457. The quantitative estimate of drug-likeness (QED) is 0.00982.